The molecule has 0 aliphatic rings. The first-order valence-electron chi connectivity index (χ1n) is 6.28. The summed E-state index contributed by atoms with van der Waals surface area (Å²) in [6, 6.07) is 6.72. The van der Waals surface area contributed by atoms with E-state index >= 15 is 0 Å². The fraction of sp³-hybridized carbons (Fsp3) is 0.571. The van der Waals surface area contributed by atoms with Gasteiger partial charge in [0.1, 0.15) is 5.82 Å². The van der Waals surface area contributed by atoms with Gasteiger partial charge in [0.2, 0.25) is 0 Å². The number of alkyl halides is 1. The second-order valence-electron chi connectivity index (χ2n) is 3.99. The molecule has 1 unspecified atom stereocenters. The summed E-state index contributed by atoms with van der Waals surface area (Å²) in [7, 11) is 1.67. The molecule has 0 radical (unpaired) electrons. The maximum atomic E-state index is 13.6. The van der Waals surface area contributed by atoms with Gasteiger partial charge in [-0.2, -0.15) is 0 Å². The largest absolute Gasteiger partial charge is 0.385 e. The van der Waals surface area contributed by atoms with Gasteiger partial charge < -0.3 is 14.2 Å². The van der Waals surface area contributed by atoms with Crippen molar-refractivity contribution < 1.29 is 18.6 Å². The normalized spacial score (nSPS) is 12.6. The minimum absolute atomic E-state index is 0.217. The van der Waals surface area contributed by atoms with Crippen LogP contribution in [0.1, 0.15) is 18.1 Å². The summed E-state index contributed by atoms with van der Waals surface area (Å²) in [5.74, 6) is -0.217. The van der Waals surface area contributed by atoms with Crippen molar-refractivity contribution in [1.29, 1.82) is 0 Å². The topological polar surface area (TPSA) is 27.7 Å². The summed E-state index contributed by atoms with van der Waals surface area (Å²) in [6.07, 6.45) is 0.656. The van der Waals surface area contributed by atoms with Gasteiger partial charge >= 0.3 is 0 Å². The molecule has 0 fully saturated rings. The molecule has 1 rings (SSSR count). The van der Waals surface area contributed by atoms with E-state index in [9.17, 15) is 4.39 Å². The Balaban J connectivity index is 2.24. The molecule has 19 heavy (non-hydrogen) atoms. The van der Waals surface area contributed by atoms with Crippen LogP contribution in [0.3, 0.4) is 0 Å². The molecule has 1 aromatic rings. The maximum Gasteiger partial charge on any atom is 0.129 e. The van der Waals surface area contributed by atoms with Crippen molar-refractivity contribution in [3.63, 3.8) is 0 Å². The first kappa shape index (κ1) is 16.8. The van der Waals surface area contributed by atoms with Gasteiger partial charge in [-0.25, -0.2) is 4.39 Å². The standard InChI is InChI=1S/C14H20FIO3/c1-17-7-4-8-18-9-10-19-14(11-16)12-5-2-3-6-13(12)15/h2-3,5-6,14H,4,7-11H2,1H3. The lowest BCUT2D eigenvalue weighted by atomic mass is 10.1. The van der Waals surface area contributed by atoms with Crippen molar-refractivity contribution in [1.82, 2.24) is 0 Å². The third-order valence-corrected chi connectivity index (χ3v) is 3.38. The zero-order chi connectivity index (χ0) is 13.9. The third kappa shape index (κ3) is 6.65. The van der Waals surface area contributed by atoms with Crippen LogP contribution in [0.5, 0.6) is 0 Å². The smallest absolute Gasteiger partial charge is 0.129 e. The summed E-state index contributed by atoms with van der Waals surface area (Å²) in [5.41, 5.74) is 0.608. The van der Waals surface area contributed by atoms with E-state index in [-0.39, 0.29) is 11.9 Å². The zero-order valence-corrected chi connectivity index (χ0v) is 13.3. The molecule has 5 heteroatoms. The van der Waals surface area contributed by atoms with Crippen LogP contribution < -0.4 is 0 Å². The molecule has 0 bridgehead atoms. The second kappa shape index (κ2) is 10.5. The van der Waals surface area contributed by atoms with E-state index in [1.54, 1.807) is 19.2 Å². The minimum atomic E-state index is -0.218. The average Bonchev–Trinajstić information content (AvgIpc) is 2.43. The number of hydrogen-bond donors (Lipinski definition) is 0. The number of rotatable bonds is 10. The molecule has 0 heterocycles. The first-order valence-corrected chi connectivity index (χ1v) is 7.80. The van der Waals surface area contributed by atoms with Gasteiger partial charge in [0.15, 0.2) is 0 Å². The van der Waals surface area contributed by atoms with Gasteiger partial charge in [-0.1, -0.05) is 40.8 Å². The monoisotopic (exact) mass is 382 g/mol. The number of ether oxygens (including phenoxy) is 3. The summed E-state index contributed by atoms with van der Waals surface area (Å²) < 4.78 is 30.3. The zero-order valence-electron chi connectivity index (χ0n) is 11.1. The van der Waals surface area contributed by atoms with Crippen LogP contribution in [0, 0.1) is 5.82 Å². The quantitative estimate of drug-likeness (QED) is 0.353. The van der Waals surface area contributed by atoms with E-state index < -0.39 is 0 Å². The van der Waals surface area contributed by atoms with E-state index in [1.165, 1.54) is 6.07 Å². The third-order valence-electron chi connectivity index (χ3n) is 2.58. The summed E-state index contributed by atoms with van der Waals surface area (Å²) in [5, 5.41) is 0. The molecule has 1 aromatic carbocycles. The first-order chi connectivity index (χ1) is 9.29. The van der Waals surface area contributed by atoms with Crippen molar-refractivity contribution in [2.45, 2.75) is 12.5 Å². The number of methoxy groups -OCH3 is 1. The van der Waals surface area contributed by atoms with Gasteiger partial charge in [-0.15, -0.1) is 0 Å². The van der Waals surface area contributed by atoms with Gasteiger partial charge in [-0.05, 0) is 12.5 Å². The van der Waals surface area contributed by atoms with Gasteiger partial charge in [0.25, 0.3) is 0 Å². The van der Waals surface area contributed by atoms with Crippen molar-refractivity contribution in [2.24, 2.45) is 0 Å². The molecule has 1 atom stereocenters. The Morgan fingerprint density at radius 2 is 1.95 bits per heavy atom. The van der Waals surface area contributed by atoms with Gasteiger partial charge in [0, 0.05) is 30.3 Å². The molecule has 0 aliphatic carbocycles. The summed E-state index contributed by atoms with van der Waals surface area (Å²) >= 11 is 2.20. The van der Waals surface area contributed by atoms with Crippen molar-refractivity contribution in [3.8, 4) is 0 Å². The van der Waals surface area contributed by atoms with E-state index in [1.807, 2.05) is 6.07 Å². The highest BCUT2D eigenvalue weighted by Crippen LogP contribution is 2.22. The Kier molecular flexibility index (Phi) is 9.32. The second-order valence-corrected chi connectivity index (χ2v) is 4.87. The molecular formula is C14H20FIO3. The van der Waals surface area contributed by atoms with Crippen LogP contribution in [0.15, 0.2) is 24.3 Å². The predicted molar refractivity (Wildman–Crippen MR) is 81.3 cm³/mol. The number of hydrogen-bond acceptors (Lipinski definition) is 3. The molecule has 0 saturated carbocycles. The number of halogens is 2. The van der Waals surface area contributed by atoms with Gasteiger partial charge in [0.05, 0.1) is 19.3 Å². The molecule has 0 aromatic heterocycles. The number of benzene rings is 1. The van der Waals surface area contributed by atoms with Crippen LogP contribution in [-0.4, -0.2) is 38.0 Å². The van der Waals surface area contributed by atoms with Crippen LogP contribution in [-0.2, 0) is 14.2 Å². The summed E-state index contributed by atoms with van der Waals surface area (Å²) in [6.45, 7) is 2.35. The SMILES string of the molecule is COCCCOCCOC(CI)c1ccccc1F. The molecule has 0 saturated heterocycles. The highest BCUT2D eigenvalue weighted by atomic mass is 127. The highest BCUT2D eigenvalue weighted by molar-refractivity contribution is 14.1. The Hall–Kier alpha value is -0.240. The fourth-order valence-corrected chi connectivity index (χ4v) is 2.34. The van der Waals surface area contributed by atoms with E-state index in [0.717, 1.165) is 6.42 Å². The molecular weight excluding hydrogens is 362 g/mol. The lowest BCUT2D eigenvalue weighted by molar-refractivity contribution is 0.00924. The van der Waals surface area contributed by atoms with Crippen molar-refractivity contribution in [2.75, 3.05) is 38.0 Å². The lowest BCUT2D eigenvalue weighted by Gasteiger charge is -2.16. The minimum Gasteiger partial charge on any atom is -0.385 e. The fourth-order valence-electron chi connectivity index (χ4n) is 1.61. The summed E-state index contributed by atoms with van der Waals surface area (Å²) in [4.78, 5) is 0. The molecule has 0 amide bonds. The van der Waals surface area contributed by atoms with Crippen LogP contribution in [0.25, 0.3) is 0 Å². The van der Waals surface area contributed by atoms with Crippen molar-refractivity contribution in [3.05, 3.63) is 35.6 Å². The Labute approximate surface area is 127 Å². The molecule has 0 spiro atoms. The van der Waals surface area contributed by atoms with Crippen LogP contribution in [0.4, 0.5) is 4.39 Å². The highest BCUT2D eigenvalue weighted by Gasteiger charge is 2.14. The lowest BCUT2D eigenvalue weighted by Crippen LogP contribution is -2.13. The molecule has 108 valence electrons. The molecule has 3 nitrogen and oxygen atoms in total. The maximum absolute atomic E-state index is 13.6. The van der Waals surface area contributed by atoms with Crippen LogP contribution >= 0.6 is 22.6 Å². The Morgan fingerprint density at radius 3 is 2.63 bits per heavy atom. The van der Waals surface area contributed by atoms with E-state index in [0.29, 0.717) is 36.4 Å². The predicted octanol–water partition coefficient (Wildman–Crippen LogP) is 3.37. The van der Waals surface area contributed by atoms with Crippen LogP contribution in [0.2, 0.25) is 0 Å². The van der Waals surface area contributed by atoms with Crippen molar-refractivity contribution >= 4 is 22.6 Å². The Morgan fingerprint density at radius 1 is 1.16 bits per heavy atom. The molecule has 0 aliphatic heterocycles. The van der Waals surface area contributed by atoms with Gasteiger partial charge in [-0.3, -0.25) is 0 Å². The Bertz CT molecular complexity index is 349. The van der Waals surface area contributed by atoms with E-state index in [2.05, 4.69) is 22.6 Å². The average molecular weight is 382 g/mol. The molecule has 0 N–H and O–H groups in total. The van der Waals surface area contributed by atoms with E-state index in [4.69, 9.17) is 14.2 Å².